The number of aryl methyl sites for hydroxylation is 1. The first-order valence-corrected chi connectivity index (χ1v) is 12.3. The number of Topliss-reactive ketones (excluding diaryl/α,β-unsaturated/α-hetero) is 1. The van der Waals surface area contributed by atoms with E-state index < -0.39 is 0 Å². The van der Waals surface area contributed by atoms with E-state index in [9.17, 15) is 9.59 Å². The van der Waals surface area contributed by atoms with Crippen molar-refractivity contribution in [3.63, 3.8) is 0 Å². The van der Waals surface area contributed by atoms with E-state index >= 15 is 0 Å². The number of carbonyl (C=O) groups excluding carboxylic acids is 2. The Kier molecular flexibility index (Phi) is 5.27. The molecule has 0 saturated carbocycles. The van der Waals surface area contributed by atoms with Crippen LogP contribution in [0.3, 0.4) is 0 Å². The number of ketones is 1. The highest BCUT2D eigenvalue weighted by Crippen LogP contribution is 2.45. The molecule has 2 aliphatic heterocycles. The summed E-state index contributed by atoms with van der Waals surface area (Å²) in [4.78, 5) is 41.3. The fraction of sp³-hybridized carbons (Fsp3) is 0.400. The summed E-state index contributed by atoms with van der Waals surface area (Å²) in [6.45, 7) is 3.57. The Bertz CT molecular complexity index is 1450. The molecule has 11 nitrogen and oxygen atoms in total. The number of rotatable bonds is 5. The largest absolute Gasteiger partial charge is 0.383 e. The minimum Gasteiger partial charge on any atom is -0.383 e. The van der Waals surface area contributed by atoms with Gasteiger partial charge in [0.25, 0.3) is 5.91 Å². The summed E-state index contributed by atoms with van der Waals surface area (Å²) < 4.78 is 1.54. The van der Waals surface area contributed by atoms with Crippen LogP contribution in [-0.2, 0) is 6.42 Å². The molecule has 6 heterocycles. The zero-order valence-corrected chi connectivity index (χ0v) is 20.2. The highest BCUT2D eigenvalue weighted by atomic mass is 16.2. The number of carbonyl (C=O) groups is 2. The molecule has 0 spiro atoms. The maximum atomic E-state index is 13.1. The van der Waals surface area contributed by atoms with Crippen LogP contribution in [-0.4, -0.2) is 63.4 Å². The second-order valence-electron chi connectivity index (χ2n) is 9.60. The molecule has 2 bridgehead atoms. The van der Waals surface area contributed by atoms with Gasteiger partial charge in [-0.1, -0.05) is 13.0 Å². The van der Waals surface area contributed by atoms with Crippen LogP contribution in [0.1, 0.15) is 77.8 Å². The van der Waals surface area contributed by atoms with Crippen molar-refractivity contribution in [3.8, 4) is 11.1 Å². The third-order valence-electron chi connectivity index (χ3n) is 7.53. The number of nitrogens with two attached hydrogens (primary N) is 1. The number of hydrogen-bond donors (Lipinski definition) is 2. The van der Waals surface area contributed by atoms with Crippen LogP contribution in [0.5, 0.6) is 0 Å². The maximum absolute atomic E-state index is 13.1. The van der Waals surface area contributed by atoms with E-state index in [1.54, 1.807) is 10.7 Å². The molecule has 2 fully saturated rings. The molecule has 11 heteroatoms. The number of aromatic nitrogens is 7. The van der Waals surface area contributed by atoms with E-state index in [0.29, 0.717) is 35.6 Å². The number of pyridine rings is 1. The maximum Gasteiger partial charge on any atom is 0.291 e. The first-order chi connectivity index (χ1) is 17.5. The number of aromatic amines is 1. The first-order valence-electron chi connectivity index (χ1n) is 12.3. The lowest BCUT2D eigenvalue weighted by molar-refractivity contribution is 0.0556. The molecule has 3 atom stereocenters. The van der Waals surface area contributed by atoms with Crippen molar-refractivity contribution in [2.75, 3.05) is 5.73 Å². The van der Waals surface area contributed by atoms with Gasteiger partial charge in [0.05, 0.1) is 17.5 Å². The molecule has 4 aromatic heterocycles. The Hall–Kier alpha value is -4.15. The fourth-order valence-electron chi connectivity index (χ4n) is 5.85. The summed E-state index contributed by atoms with van der Waals surface area (Å²) in [6, 6.07) is 4.08. The molecule has 1 amide bonds. The van der Waals surface area contributed by atoms with Crippen LogP contribution >= 0.6 is 0 Å². The van der Waals surface area contributed by atoms with Gasteiger partial charge in [-0.25, -0.2) is 9.97 Å². The second kappa shape index (κ2) is 8.51. The van der Waals surface area contributed by atoms with Crippen LogP contribution in [0.15, 0.2) is 30.9 Å². The Labute approximate surface area is 207 Å². The van der Waals surface area contributed by atoms with Gasteiger partial charge in [0.1, 0.15) is 12.1 Å². The minimum absolute atomic E-state index is 0.00387. The smallest absolute Gasteiger partial charge is 0.291 e. The number of piperidine rings is 1. The van der Waals surface area contributed by atoms with Crippen LogP contribution < -0.4 is 5.73 Å². The van der Waals surface area contributed by atoms with Gasteiger partial charge in [-0.2, -0.15) is 14.7 Å². The number of fused-ring (bicyclic) bond motifs is 3. The van der Waals surface area contributed by atoms with Crippen molar-refractivity contribution in [3.05, 3.63) is 53.6 Å². The van der Waals surface area contributed by atoms with Crippen molar-refractivity contribution < 1.29 is 9.59 Å². The lowest BCUT2D eigenvalue weighted by Crippen LogP contribution is -2.46. The summed E-state index contributed by atoms with van der Waals surface area (Å²) in [6.07, 6.45) is 8.95. The molecule has 184 valence electrons. The number of H-pyrrole nitrogens is 1. The SMILES string of the molecule is CCc1ccc(-c2cnn3c(N)c(C(C)=O)c(C4C[C@H]5CC[C@@H](C4)N5C(=O)c4ncn[nH]4)nc23)cn1. The van der Waals surface area contributed by atoms with Gasteiger partial charge in [0, 0.05) is 41.0 Å². The number of hydrogen-bond acceptors (Lipinski definition) is 8. The van der Waals surface area contributed by atoms with E-state index in [1.807, 2.05) is 23.2 Å². The van der Waals surface area contributed by atoms with Crippen LogP contribution in [0.2, 0.25) is 0 Å². The zero-order valence-electron chi connectivity index (χ0n) is 20.2. The van der Waals surface area contributed by atoms with Crippen LogP contribution in [0, 0.1) is 0 Å². The van der Waals surface area contributed by atoms with Gasteiger partial charge in [-0.15, -0.1) is 0 Å². The molecular formula is C25H27N9O2. The average molecular weight is 486 g/mol. The number of nitrogen functional groups attached to an aromatic ring is 1. The molecule has 0 aromatic carbocycles. The molecule has 4 aromatic rings. The third kappa shape index (κ3) is 3.45. The fourth-order valence-corrected chi connectivity index (χ4v) is 5.85. The molecule has 2 saturated heterocycles. The summed E-state index contributed by atoms with van der Waals surface area (Å²) in [5.41, 5.74) is 10.9. The Morgan fingerprint density at radius 2 is 1.92 bits per heavy atom. The van der Waals surface area contributed by atoms with Crippen molar-refractivity contribution >= 4 is 23.2 Å². The molecule has 6 rings (SSSR count). The lowest BCUT2D eigenvalue weighted by Gasteiger charge is -2.38. The van der Waals surface area contributed by atoms with Crippen molar-refractivity contribution in [1.29, 1.82) is 0 Å². The molecule has 36 heavy (non-hydrogen) atoms. The third-order valence-corrected chi connectivity index (χ3v) is 7.53. The standard InChI is InChI=1S/C25H27N9O2/c1-3-16-5-4-14(10-27-16)19-11-30-34-22(26)20(13(2)35)21(31-24(19)34)15-8-17-6-7-18(9-15)33(17)25(36)23-28-12-29-32-23/h4-5,10-12,15,17-18H,3,6-9,26H2,1-2H3,(H,28,29,32)/t15?,17-,18+. The van der Waals surface area contributed by atoms with E-state index in [4.69, 9.17) is 10.7 Å². The topological polar surface area (TPSA) is 148 Å². The predicted molar refractivity (Wildman–Crippen MR) is 131 cm³/mol. The first kappa shape index (κ1) is 22.3. The van der Waals surface area contributed by atoms with Crippen LogP contribution in [0.4, 0.5) is 5.82 Å². The van der Waals surface area contributed by atoms with Gasteiger partial charge >= 0.3 is 0 Å². The van der Waals surface area contributed by atoms with E-state index in [0.717, 1.165) is 36.1 Å². The van der Waals surface area contributed by atoms with E-state index in [1.165, 1.54) is 13.3 Å². The van der Waals surface area contributed by atoms with Gasteiger partial charge < -0.3 is 10.6 Å². The summed E-state index contributed by atoms with van der Waals surface area (Å²) >= 11 is 0. The second-order valence-corrected chi connectivity index (χ2v) is 9.60. The molecular weight excluding hydrogens is 458 g/mol. The van der Waals surface area contributed by atoms with Crippen LogP contribution in [0.25, 0.3) is 16.8 Å². The van der Waals surface area contributed by atoms with Gasteiger partial charge in [-0.05, 0) is 45.1 Å². The zero-order chi connectivity index (χ0) is 25.0. The van der Waals surface area contributed by atoms with Gasteiger partial charge in [0.2, 0.25) is 5.82 Å². The Balaban J connectivity index is 1.40. The Morgan fingerprint density at radius 1 is 1.14 bits per heavy atom. The molecule has 0 aliphatic carbocycles. The van der Waals surface area contributed by atoms with Gasteiger partial charge in [0.15, 0.2) is 11.4 Å². The van der Waals surface area contributed by atoms with E-state index in [-0.39, 0.29) is 35.5 Å². The predicted octanol–water partition coefficient (Wildman–Crippen LogP) is 2.81. The average Bonchev–Trinajstić information content (AvgIpc) is 3.62. The molecule has 3 N–H and O–H groups in total. The molecule has 2 aliphatic rings. The summed E-state index contributed by atoms with van der Waals surface area (Å²) in [7, 11) is 0. The number of nitrogens with zero attached hydrogens (tertiary/aromatic N) is 7. The molecule has 0 radical (unpaired) electrons. The van der Waals surface area contributed by atoms with Crippen molar-refractivity contribution in [1.82, 2.24) is 39.7 Å². The van der Waals surface area contributed by atoms with E-state index in [2.05, 4.69) is 32.2 Å². The highest BCUT2D eigenvalue weighted by molar-refractivity contribution is 6.00. The monoisotopic (exact) mass is 485 g/mol. The lowest BCUT2D eigenvalue weighted by atomic mass is 9.85. The number of anilines is 1. The number of amides is 1. The Morgan fingerprint density at radius 3 is 2.53 bits per heavy atom. The summed E-state index contributed by atoms with van der Waals surface area (Å²) in [5.74, 6) is 0.269. The number of nitrogens with one attached hydrogen (secondary N) is 1. The minimum atomic E-state index is -0.143. The summed E-state index contributed by atoms with van der Waals surface area (Å²) in [5, 5.41) is 11.0. The molecule has 1 unspecified atom stereocenters. The highest BCUT2D eigenvalue weighted by Gasteiger charge is 2.45. The normalized spacial score (nSPS) is 21.3. The van der Waals surface area contributed by atoms with Gasteiger partial charge in [-0.3, -0.25) is 19.7 Å². The van der Waals surface area contributed by atoms with Crippen molar-refractivity contribution in [2.45, 2.75) is 64.0 Å². The quantitative estimate of drug-likeness (QED) is 0.410. The van der Waals surface area contributed by atoms with Crippen molar-refractivity contribution in [2.24, 2.45) is 0 Å².